The number of hydrogen-bond donors (Lipinski definition) is 3. The number of amides is 1. The van der Waals surface area contributed by atoms with E-state index in [9.17, 15) is 4.79 Å². The molecule has 0 saturated heterocycles. The second-order valence-corrected chi connectivity index (χ2v) is 4.64. The number of ether oxygens (including phenoxy) is 2. The SMILES string of the molecule is COc1ccc(OCc2nc(C(=O)NC[C@@H](O)CO)co2)cc1. The molecule has 1 heterocycles. The molecular formula is C15H18N2O6. The lowest BCUT2D eigenvalue weighted by atomic mass is 10.3. The quantitative estimate of drug-likeness (QED) is 0.642. The van der Waals surface area contributed by atoms with Crippen molar-refractivity contribution in [2.75, 3.05) is 20.3 Å². The van der Waals surface area contributed by atoms with Crippen LogP contribution in [-0.4, -0.2) is 47.5 Å². The molecule has 2 rings (SSSR count). The number of oxazole rings is 1. The third kappa shape index (κ3) is 4.97. The molecule has 0 radical (unpaired) electrons. The van der Waals surface area contributed by atoms with Crippen LogP contribution in [0.15, 0.2) is 34.9 Å². The van der Waals surface area contributed by atoms with E-state index in [0.29, 0.717) is 5.75 Å². The second-order valence-electron chi connectivity index (χ2n) is 4.64. The first-order valence-corrected chi connectivity index (χ1v) is 6.90. The van der Waals surface area contributed by atoms with Gasteiger partial charge in [0.2, 0.25) is 5.89 Å². The third-order valence-electron chi connectivity index (χ3n) is 2.92. The van der Waals surface area contributed by atoms with Crippen molar-refractivity contribution in [1.29, 1.82) is 0 Å². The number of benzene rings is 1. The molecule has 3 N–H and O–H groups in total. The van der Waals surface area contributed by atoms with Crippen LogP contribution in [0, 0.1) is 0 Å². The van der Waals surface area contributed by atoms with Crippen LogP contribution in [0.3, 0.4) is 0 Å². The van der Waals surface area contributed by atoms with Crippen LogP contribution < -0.4 is 14.8 Å². The summed E-state index contributed by atoms with van der Waals surface area (Å²) >= 11 is 0. The lowest BCUT2D eigenvalue weighted by Gasteiger charge is -2.07. The predicted octanol–water partition coefficient (Wildman–Crippen LogP) is 0.345. The summed E-state index contributed by atoms with van der Waals surface area (Å²) in [6.07, 6.45) is 0.191. The molecule has 0 aliphatic carbocycles. The van der Waals surface area contributed by atoms with E-state index in [2.05, 4.69) is 10.3 Å². The van der Waals surface area contributed by atoms with Crippen molar-refractivity contribution >= 4 is 5.91 Å². The van der Waals surface area contributed by atoms with E-state index in [-0.39, 0.29) is 24.7 Å². The van der Waals surface area contributed by atoms with E-state index >= 15 is 0 Å². The van der Waals surface area contributed by atoms with Gasteiger partial charge in [0, 0.05) is 6.54 Å². The monoisotopic (exact) mass is 322 g/mol. The number of aliphatic hydroxyl groups is 2. The molecule has 0 saturated carbocycles. The highest BCUT2D eigenvalue weighted by Crippen LogP contribution is 2.18. The zero-order valence-corrected chi connectivity index (χ0v) is 12.6. The van der Waals surface area contributed by atoms with Gasteiger partial charge in [-0.05, 0) is 24.3 Å². The molecule has 0 aliphatic heterocycles. The second kappa shape index (κ2) is 8.16. The summed E-state index contributed by atoms with van der Waals surface area (Å²) < 4.78 is 15.7. The van der Waals surface area contributed by atoms with Crippen molar-refractivity contribution in [3.05, 3.63) is 42.1 Å². The van der Waals surface area contributed by atoms with E-state index < -0.39 is 18.6 Å². The molecule has 0 aliphatic rings. The molecule has 1 atom stereocenters. The maximum Gasteiger partial charge on any atom is 0.273 e. The Bertz CT molecular complexity index is 625. The molecule has 1 aromatic heterocycles. The lowest BCUT2D eigenvalue weighted by molar-refractivity contribution is 0.0798. The summed E-state index contributed by atoms with van der Waals surface area (Å²) in [6.45, 7) is -0.432. The van der Waals surface area contributed by atoms with Crippen molar-refractivity contribution in [3.63, 3.8) is 0 Å². The molecule has 0 fully saturated rings. The first kappa shape index (κ1) is 16.8. The summed E-state index contributed by atoms with van der Waals surface area (Å²) in [5.41, 5.74) is 0.0727. The van der Waals surface area contributed by atoms with E-state index in [1.807, 2.05) is 0 Å². The van der Waals surface area contributed by atoms with Gasteiger partial charge in [-0.1, -0.05) is 0 Å². The molecule has 1 aromatic carbocycles. The van der Waals surface area contributed by atoms with Gasteiger partial charge < -0.3 is 29.4 Å². The van der Waals surface area contributed by atoms with E-state index in [0.717, 1.165) is 5.75 Å². The smallest absolute Gasteiger partial charge is 0.273 e. The van der Waals surface area contributed by atoms with E-state index in [1.54, 1.807) is 31.4 Å². The minimum atomic E-state index is -1.01. The lowest BCUT2D eigenvalue weighted by Crippen LogP contribution is -2.34. The molecule has 8 heteroatoms. The summed E-state index contributed by atoms with van der Waals surface area (Å²) in [6, 6.07) is 7.00. The normalized spacial score (nSPS) is 11.8. The number of hydrogen-bond acceptors (Lipinski definition) is 7. The summed E-state index contributed by atoms with van der Waals surface area (Å²) in [7, 11) is 1.58. The Hall–Kier alpha value is -2.58. The summed E-state index contributed by atoms with van der Waals surface area (Å²) in [5, 5.41) is 20.3. The average Bonchev–Trinajstić information content (AvgIpc) is 3.07. The van der Waals surface area contributed by atoms with Crippen LogP contribution in [0.5, 0.6) is 11.5 Å². The fourth-order valence-corrected chi connectivity index (χ4v) is 1.66. The average molecular weight is 322 g/mol. The van der Waals surface area contributed by atoms with Crippen molar-refractivity contribution in [2.24, 2.45) is 0 Å². The third-order valence-corrected chi connectivity index (χ3v) is 2.92. The maximum absolute atomic E-state index is 11.7. The van der Waals surface area contributed by atoms with Gasteiger partial charge in [0.1, 0.15) is 17.8 Å². The molecule has 2 aromatic rings. The molecule has 23 heavy (non-hydrogen) atoms. The number of methoxy groups -OCH3 is 1. The number of nitrogens with one attached hydrogen (secondary N) is 1. The summed E-state index contributed by atoms with van der Waals surface area (Å²) in [5.74, 6) is 1.07. The van der Waals surface area contributed by atoms with Crippen LogP contribution in [0.4, 0.5) is 0 Å². The van der Waals surface area contributed by atoms with Crippen LogP contribution in [-0.2, 0) is 6.61 Å². The number of carbonyl (C=O) groups excluding carboxylic acids is 1. The standard InChI is InChI=1S/C15H18N2O6/c1-21-11-2-4-12(5-3-11)22-9-14-17-13(8-23-14)15(20)16-6-10(19)7-18/h2-5,8,10,18-19H,6-7,9H2,1H3,(H,16,20)/t10-/m1/s1. The first-order chi connectivity index (χ1) is 11.1. The van der Waals surface area contributed by atoms with Gasteiger partial charge in [-0.3, -0.25) is 4.79 Å². The number of carbonyl (C=O) groups is 1. The van der Waals surface area contributed by atoms with Crippen molar-refractivity contribution in [2.45, 2.75) is 12.7 Å². The number of rotatable bonds is 8. The molecular weight excluding hydrogens is 304 g/mol. The number of nitrogens with zero attached hydrogens (tertiary/aromatic N) is 1. The Kier molecular flexibility index (Phi) is 5.95. The van der Waals surface area contributed by atoms with Crippen molar-refractivity contribution < 1.29 is 28.9 Å². The molecule has 1 amide bonds. The van der Waals surface area contributed by atoms with E-state index in [4.69, 9.17) is 24.1 Å². The minimum Gasteiger partial charge on any atom is -0.497 e. The molecule has 0 bridgehead atoms. The van der Waals surface area contributed by atoms with Gasteiger partial charge >= 0.3 is 0 Å². The van der Waals surface area contributed by atoms with Gasteiger partial charge in [-0.25, -0.2) is 4.98 Å². The van der Waals surface area contributed by atoms with Gasteiger partial charge in [0.25, 0.3) is 5.91 Å². The van der Waals surface area contributed by atoms with Gasteiger partial charge in [0.15, 0.2) is 12.3 Å². The molecule has 124 valence electrons. The van der Waals surface area contributed by atoms with Crippen LogP contribution in [0.1, 0.15) is 16.4 Å². The Morgan fingerprint density at radius 2 is 2.04 bits per heavy atom. The molecule has 0 unspecified atom stereocenters. The maximum atomic E-state index is 11.7. The van der Waals surface area contributed by atoms with Crippen molar-refractivity contribution in [3.8, 4) is 11.5 Å². The Labute approximate surface area is 132 Å². The van der Waals surface area contributed by atoms with Gasteiger partial charge in [-0.2, -0.15) is 0 Å². The van der Waals surface area contributed by atoms with Gasteiger partial charge in [-0.15, -0.1) is 0 Å². The molecule has 0 spiro atoms. The zero-order chi connectivity index (χ0) is 16.7. The largest absolute Gasteiger partial charge is 0.497 e. The predicted molar refractivity (Wildman–Crippen MR) is 79.3 cm³/mol. The summed E-state index contributed by atoms with van der Waals surface area (Å²) in [4.78, 5) is 15.7. The number of aliphatic hydroxyl groups excluding tert-OH is 2. The first-order valence-electron chi connectivity index (χ1n) is 6.90. The van der Waals surface area contributed by atoms with Crippen LogP contribution in [0.2, 0.25) is 0 Å². The highest BCUT2D eigenvalue weighted by molar-refractivity contribution is 5.91. The highest BCUT2D eigenvalue weighted by atomic mass is 16.5. The van der Waals surface area contributed by atoms with Crippen molar-refractivity contribution in [1.82, 2.24) is 10.3 Å². The Morgan fingerprint density at radius 1 is 1.35 bits per heavy atom. The Morgan fingerprint density at radius 3 is 2.70 bits per heavy atom. The zero-order valence-electron chi connectivity index (χ0n) is 12.6. The minimum absolute atomic E-state index is 0.0683. The van der Waals surface area contributed by atoms with Crippen LogP contribution >= 0.6 is 0 Å². The van der Waals surface area contributed by atoms with Gasteiger partial charge in [0.05, 0.1) is 19.8 Å². The fourth-order valence-electron chi connectivity index (χ4n) is 1.66. The number of aromatic nitrogens is 1. The topological polar surface area (TPSA) is 114 Å². The Balaban J connectivity index is 1.85. The fraction of sp³-hybridized carbons (Fsp3) is 0.333. The van der Waals surface area contributed by atoms with Crippen LogP contribution in [0.25, 0.3) is 0 Å². The highest BCUT2D eigenvalue weighted by Gasteiger charge is 2.13. The van der Waals surface area contributed by atoms with E-state index in [1.165, 1.54) is 6.26 Å². The molecule has 8 nitrogen and oxygen atoms in total.